The maximum Gasteiger partial charge on any atom is 0.254 e. The molecule has 0 radical (unpaired) electrons. The van der Waals surface area contributed by atoms with Crippen molar-refractivity contribution < 1.29 is 24.1 Å². The minimum atomic E-state index is -0.843. The van der Waals surface area contributed by atoms with Gasteiger partial charge in [0.05, 0.1) is 26.4 Å². The smallest absolute Gasteiger partial charge is 0.254 e. The molecule has 4 rings (SSSR count). The summed E-state index contributed by atoms with van der Waals surface area (Å²) >= 11 is 0. The Hall–Kier alpha value is -3.03. The van der Waals surface area contributed by atoms with Crippen LogP contribution >= 0.6 is 0 Å². The monoisotopic (exact) mass is 461 g/mol. The first kappa shape index (κ1) is 24.1. The fourth-order valence-electron chi connectivity index (χ4n) is 4.06. The minimum absolute atomic E-state index is 0.127. The Bertz CT molecular complexity index is 999. The highest BCUT2D eigenvalue weighted by molar-refractivity contribution is 5.82. The van der Waals surface area contributed by atoms with Crippen LogP contribution in [0.1, 0.15) is 16.7 Å². The zero-order chi connectivity index (χ0) is 23.6. The first-order valence-corrected chi connectivity index (χ1v) is 11.6. The largest absolute Gasteiger partial charge is 0.395 e. The van der Waals surface area contributed by atoms with Crippen LogP contribution < -0.4 is 0 Å². The van der Waals surface area contributed by atoms with Crippen molar-refractivity contribution in [3.63, 3.8) is 0 Å². The lowest BCUT2D eigenvalue weighted by atomic mass is 9.99. The molecule has 0 unspecified atom stereocenters. The van der Waals surface area contributed by atoms with E-state index in [2.05, 4.69) is 0 Å². The van der Waals surface area contributed by atoms with Gasteiger partial charge in [0.1, 0.15) is 12.2 Å². The first-order valence-electron chi connectivity index (χ1n) is 11.6. The second kappa shape index (κ2) is 12.4. The maximum absolute atomic E-state index is 13.3. The number of hydrogen-bond acceptors (Lipinski definition) is 5. The highest BCUT2D eigenvalue weighted by Gasteiger charge is 2.45. The van der Waals surface area contributed by atoms with Crippen molar-refractivity contribution >= 4 is 5.91 Å². The van der Waals surface area contributed by atoms with Gasteiger partial charge in [0.15, 0.2) is 6.10 Å². The number of carbonyl (C=O) groups is 1. The van der Waals surface area contributed by atoms with Crippen LogP contribution in [0.3, 0.4) is 0 Å². The van der Waals surface area contributed by atoms with E-state index in [-0.39, 0.29) is 25.7 Å². The molecular weight excluding hydrogens is 430 g/mol. The predicted octanol–water partition coefficient (Wildman–Crippen LogP) is 3.58. The normalized spacial score (nSPS) is 20.4. The molecule has 3 aromatic carbocycles. The summed E-state index contributed by atoms with van der Waals surface area (Å²) in [4.78, 5) is 14.9. The molecule has 1 aliphatic rings. The third-order valence-corrected chi connectivity index (χ3v) is 5.85. The molecule has 1 heterocycles. The summed E-state index contributed by atoms with van der Waals surface area (Å²) in [6, 6.07) is 29.5. The van der Waals surface area contributed by atoms with Crippen molar-refractivity contribution in [3.05, 3.63) is 108 Å². The molecule has 1 amide bonds. The third-order valence-electron chi connectivity index (χ3n) is 5.85. The third kappa shape index (κ3) is 6.52. The molecule has 34 heavy (non-hydrogen) atoms. The minimum Gasteiger partial charge on any atom is -0.395 e. The molecule has 1 saturated heterocycles. The highest BCUT2D eigenvalue weighted by atomic mass is 16.6. The van der Waals surface area contributed by atoms with E-state index in [1.807, 2.05) is 91.0 Å². The second-order valence-corrected chi connectivity index (χ2v) is 8.32. The van der Waals surface area contributed by atoms with Gasteiger partial charge in [-0.2, -0.15) is 0 Å². The number of β-amino-alcohol motifs (C(OH)–C–C–N with tert-alkyl or cyclic N) is 1. The van der Waals surface area contributed by atoms with Crippen LogP contribution in [0.25, 0.3) is 0 Å². The molecule has 0 saturated carbocycles. The van der Waals surface area contributed by atoms with Gasteiger partial charge in [-0.05, 0) is 16.7 Å². The van der Waals surface area contributed by atoms with Crippen LogP contribution in [0.2, 0.25) is 0 Å². The maximum atomic E-state index is 13.3. The standard InChI is InChI=1S/C28H31NO5/c30-17-16-29-18-25(32-19-22-10-4-1-5-11-22)26(33-20-23-12-6-2-7-13-23)27(28(29)31)34-21-24-14-8-3-9-15-24/h1-15,25-27,30H,16-21H2/t25-,26+,27-/m0/s1. The summed E-state index contributed by atoms with van der Waals surface area (Å²) in [5.74, 6) is -0.192. The average Bonchev–Trinajstić information content (AvgIpc) is 2.89. The number of likely N-dealkylation sites (tertiary alicyclic amines) is 1. The molecule has 3 aromatic rings. The quantitative estimate of drug-likeness (QED) is 0.473. The van der Waals surface area contributed by atoms with Gasteiger partial charge in [-0.1, -0.05) is 91.0 Å². The lowest BCUT2D eigenvalue weighted by Gasteiger charge is -2.42. The van der Waals surface area contributed by atoms with E-state index in [1.54, 1.807) is 4.90 Å². The molecule has 0 bridgehead atoms. The Labute approximate surface area is 200 Å². The lowest BCUT2D eigenvalue weighted by Crippen LogP contribution is -2.61. The number of amides is 1. The van der Waals surface area contributed by atoms with Gasteiger partial charge < -0.3 is 24.2 Å². The lowest BCUT2D eigenvalue weighted by molar-refractivity contribution is -0.196. The van der Waals surface area contributed by atoms with Gasteiger partial charge in [-0.25, -0.2) is 0 Å². The van der Waals surface area contributed by atoms with Crippen LogP contribution in [-0.2, 0) is 38.8 Å². The van der Waals surface area contributed by atoms with Crippen molar-refractivity contribution in [2.24, 2.45) is 0 Å². The molecule has 1 N–H and O–H groups in total. The molecule has 1 fully saturated rings. The summed E-state index contributed by atoms with van der Waals surface area (Å²) in [6.07, 6.45) is -1.84. The molecule has 0 spiro atoms. The Morgan fingerprint density at radius 1 is 0.706 bits per heavy atom. The van der Waals surface area contributed by atoms with E-state index in [9.17, 15) is 9.90 Å². The Kier molecular flexibility index (Phi) is 8.82. The molecular formula is C28H31NO5. The number of benzene rings is 3. The van der Waals surface area contributed by atoms with E-state index in [4.69, 9.17) is 14.2 Å². The van der Waals surface area contributed by atoms with E-state index >= 15 is 0 Å². The van der Waals surface area contributed by atoms with Crippen molar-refractivity contribution in [1.29, 1.82) is 0 Å². The molecule has 0 aliphatic carbocycles. The van der Waals surface area contributed by atoms with Crippen LogP contribution in [0.4, 0.5) is 0 Å². The van der Waals surface area contributed by atoms with E-state index in [0.29, 0.717) is 19.8 Å². The van der Waals surface area contributed by atoms with Gasteiger partial charge in [0.25, 0.3) is 5.91 Å². The van der Waals surface area contributed by atoms with Crippen molar-refractivity contribution in [1.82, 2.24) is 4.90 Å². The van der Waals surface area contributed by atoms with Crippen molar-refractivity contribution in [2.75, 3.05) is 19.7 Å². The number of carbonyl (C=O) groups excluding carboxylic acids is 1. The molecule has 6 heteroatoms. The van der Waals surface area contributed by atoms with E-state index in [0.717, 1.165) is 16.7 Å². The molecule has 0 aromatic heterocycles. The molecule has 178 valence electrons. The summed E-state index contributed by atoms with van der Waals surface area (Å²) in [5, 5.41) is 9.54. The van der Waals surface area contributed by atoms with Crippen molar-refractivity contribution in [2.45, 2.75) is 38.1 Å². The summed E-state index contributed by atoms with van der Waals surface area (Å²) in [6.45, 7) is 1.44. The Morgan fingerprint density at radius 2 is 1.18 bits per heavy atom. The van der Waals surface area contributed by atoms with Crippen LogP contribution in [0.15, 0.2) is 91.0 Å². The van der Waals surface area contributed by atoms with Gasteiger partial charge in [0.2, 0.25) is 0 Å². The van der Waals surface area contributed by atoms with Crippen LogP contribution in [0.5, 0.6) is 0 Å². The van der Waals surface area contributed by atoms with Gasteiger partial charge >= 0.3 is 0 Å². The predicted molar refractivity (Wildman–Crippen MR) is 129 cm³/mol. The Morgan fingerprint density at radius 3 is 1.68 bits per heavy atom. The number of piperidine rings is 1. The van der Waals surface area contributed by atoms with Gasteiger partial charge in [-0.3, -0.25) is 4.79 Å². The second-order valence-electron chi connectivity index (χ2n) is 8.32. The van der Waals surface area contributed by atoms with Crippen LogP contribution in [-0.4, -0.2) is 53.9 Å². The van der Waals surface area contributed by atoms with Crippen LogP contribution in [0, 0.1) is 0 Å². The fourth-order valence-corrected chi connectivity index (χ4v) is 4.06. The van der Waals surface area contributed by atoms with Gasteiger partial charge in [-0.15, -0.1) is 0 Å². The summed E-state index contributed by atoms with van der Waals surface area (Å²) in [7, 11) is 0. The summed E-state index contributed by atoms with van der Waals surface area (Å²) < 4.78 is 18.8. The Balaban J connectivity index is 1.54. The zero-order valence-electron chi connectivity index (χ0n) is 19.2. The topological polar surface area (TPSA) is 68.2 Å². The molecule has 1 aliphatic heterocycles. The average molecular weight is 462 g/mol. The van der Waals surface area contributed by atoms with Crippen molar-refractivity contribution in [3.8, 4) is 0 Å². The van der Waals surface area contributed by atoms with Gasteiger partial charge in [0, 0.05) is 13.1 Å². The van der Waals surface area contributed by atoms with E-state index < -0.39 is 18.3 Å². The zero-order valence-corrected chi connectivity index (χ0v) is 19.2. The number of rotatable bonds is 11. The number of hydrogen-bond donors (Lipinski definition) is 1. The number of ether oxygens (including phenoxy) is 3. The number of aliphatic hydroxyl groups is 1. The highest BCUT2D eigenvalue weighted by Crippen LogP contribution is 2.25. The fraction of sp³-hybridized carbons (Fsp3) is 0.321. The SMILES string of the molecule is O=C1[C@@H](OCc2ccccc2)[C@H](OCc2ccccc2)[C@@H](OCc2ccccc2)CN1CCO. The van der Waals surface area contributed by atoms with E-state index in [1.165, 1.54) is 0 Å². The molecule has 6 nitrogen and oxygen atoms in total. The molecule has 3 atom stereocenters. The number of nitrogens with zero attached hydrogens (tertiary/aromatic N) is 1. The number of aliphatic hydroxyl groups excluding tert-OH is 1. The summed E-state index contributed by atoms with van der Waals surface area (Å²) in [5.41, 5.74) is 3.02. The first-order chi connectivity index (χ1) is 16.7.